The van der Waals surface area contributed by atoms with Crippen LogP contribution in [0.2, 0.25) is 0 Å². The molecule has 0 aromatic rings. The number of ether oxygens (including phenoxy) is 4. The average molecular weight is 318 g/mol. The molecule has 0 aromatic carbocycles. The van der Waals surface area contributed by atoms with E-state index in [0.29, 0.717) is 38.9 Å². The molecule has 2 aliphatic rings. The van der Waals surface area contributed by atoms with E-state index < -0.39 is 23.8 Å². The lowest BCUT2D eigenvalue weighted by molar-refractivity contribution is -0.141. The molecule has 0 radical (unpaired) electrons. The summed E-state index contributed by atoms with van der Waals surface area (Å²) >= 11 is 0. The van der Waals surface area contributed by atoms with Gasteiger partial charge in [-0.1, -0.05) is 0 Å². The van der Waals surface area contributed by atoms with E-state index in [1.165, 1.54) is 0 Å². The van der Waals surface area contributed by atoms with Gasteiger partial charge in [-0.2, -0.15) is 0 Å². The van der Waals surface area contributed by atoms with E-state index in [1.807, 2.05) is 27.7 Å². The Kier molecular flexibility index (Phi) is 5.85. The molecule has 0 aliphatic carbocycles. The maximum Gasteiger partial charge on any atom is 0.163 e. The van der Waals surface area contributed by atoms with Crippen LogP contribution < -0.4 is 0 Å². The summed E-state index contributed by atoms with van der Waals surface area (Å²) in [5, 5.41) is 20.1. The standard InChI is InChI=1S/C16H30O6/c1-15(2)19-9-11(21-15)5-7-13(17)14(18)8-6-12-10-20-16(3,4)22-12/h11-14,17-18H,5-10H2,1-4H3/t11-,12-,13+,14+/m1/s1. The third-order valence-electron chi connectivity index (χ3n) is 4.15. The molecule has 0 aromatic heterocycles. The van der Waals surface area contributed by atoms with Gasteiger partial charge in [0.25, 0.3) is 0 Å². The average Bonchev–Trinajstić information content (AvgIpc) is 2.95. The molecule has 22 heavy (non-hydrogen) atoms. The van der Waals surface area contributed by atoms with Crippen LogP contribution in [0.5, 0.6) is 0 Å². The molecule has 0 amide bonds. The van der Waals surface area contributed by atoms with Gasteiger partial charge in [0.05, 0.1) is 37.6 Å². The molecule has 2 saturated heterocycles. The van der Waals surface area contributed by atoms with Crippen molar-refractivity contribution in [2.75, 3.05) is 13.2 Å². The van der Waals surface area contributed by atoms with E-state index in [-0.39, 0.29) is 12.2 Å². The van der Waals surface area contributed by atoms with Crippen LogP contribution in [0.3, 0.4) is 0 Å². The number of hydrogen-bond donors (Lipinski definition) is 2. The van der Waals surface area contributed by atoms with Gasteiger partial charge < -0.3 is 29.2 Å². The van der Waals surface area contributed by atoms with Crippen molar-refractivity contribution in [3.05, 3.63) is 0 Å². The molecular formula is C16H30O6. The Morgan fingerprint density at radius 2 is 1.18 bits per heavy atom. The summed E-state index contributed by atoms with van der Waals surface area (Å²) in [5.41, 5.74) is 0. The summed E-state index contributed by atoms with van der Waals surface area (Å²) in [6.45, 7) is 8.59. The lowest BCUT2D eigenvalue weighted by Crippen LogP contribution is -2.29. The fourth-order valence-corrected chi connectivity index (χ4v) is 2.91. The van der Waals surface area contributed by atoms with Crippen LogP contribution in [-0.4, -0.2) is 59.4 Å². The molecule has 6 heteroatoms. The summed E-state index contributed by atoms with van der Waals surface area (Å²) in [4.78, 5) is 0. The summed E-state index contributed by atoms with van der Waals surface area (Å²) in [5.74, 6) is -1.08. The first kappa shape index (κ1) is 18.1. The third kappa shape index (κ3) is 5.44. The van der Waals surface area contributed by atoms with Crippen LogP contribution in [0.1, 0.15) is 53.4 Å². The van der Waals surface area contributed by atoms with Crippen LogP contribution in [0.15, 0.2) is 0 Å². The van der Waals surface area contributed by atoms with E-state index in [1.54, 1.807) is 0 Å². The minimum Gasteiger partial charge on any atom is -0.390 e. The highest BCUT2D eigenvalue weighted by Gasteiger charge is 2.34. The first-order valence-electron chi connectivity index (χ1n) is 8.16. The highest BCUT2D eigenvalue weighted by molar-refractivity contribution is 4.77. The van der Waals surface area contributed by atoms with Gasteiger partial charge in [-0.15, -0.1) is 0 Å². The first-order chi connectivity index (χ1) is 10.2. The zero-order valence-corrected chi connectivity index (χ0v) is 14.1. The third-order valence-corrected chi connectivity index (χ3v) is 4.15. The number of hydrogen-bond acceptors (Lipinski definition) is 6. The van der Waals surface area contributed by atoms with Gasteiger partial charge in [0.15, 0.2) is 11.6 Å². The fraction of sp³-hybridized carbons (Fsp3) is 1.00. The predicted octanol–water partition coefficient (Wildman–Crippen LogP) is 1.57. The minimum absolute atomic E-state index is 0.00999. The Balaban J connectivity index is 1.62. The number of rotatable bonds is 7. The van der Waals surface area contributed by atoms with Crippen molar-refractivity contribution >= 4 is 0 Å². The van der Waals surface area contributed by atoms with Crippen molar-refractivity contribution in [2.24, 2.45) is 0 Å². The molecule has 130 valence electrons. The molecule has 2 aliphatic heterocycles. The molecule has 6 nitrogen and oxygen atoms in total. The van der Waals surface area contributed by atoms with E-state index in [0.717, 1.165) is 0 Å². The van der Waals surface area contributed by atoms with Gasteiger partial charge >= 0.3 is 0 Å². The van der Waals surface area contributed by atoms with Crippen LogP contribution in [0, 0.1) is 0 Å². The topological polar surface area (TPSA) is 77.4 Å². The summed E-state index contributed by atoms with van der Waals surface area (Å²) in [6.07, 6.45) is 0.839. The van der Waals surface area contributed by atoms with Crippen molar-refractivity contribution in [2.45, 2.75) is 89.4 Å². The summed E-state index contributed by atoms with van der Waals surface area (Å²) in [6, 6.07) is 0. The molecule has 2 fully saturated rings. The molecular weight excluding hydrogens is 288 g/mol. The fourth-order valence-electron chi connectivity index (χ4n) is 2.91. The molecule has 4 atom stereocenters. The maximum absolute atomic E-state index is 10.1. The Hall–Kier alpha value is -0.240. The molecule has 0 bridgehead atoms. The van der Waals surface area contributed by atoms with Gasteiger partial charge in [0.2, 0.25) is 0 Å². The molecule has 2 rings (SSSR count). The van der Waals surface area contributed by atoms with Crippen LogP contribution in [-0.2, 0) is 18.9 Å². The zero-order chi connectivity index (χ0) is 16.4. The molecule has 0 saturated carbocycles. The van der Waals surface area contributed by atoms with E-state index in [2.05, 4.69) is 0 Å². The van der Waals surface area contributed by atoms with E-state index in [9.17, 15) is 10.2 Å². The highest BCUT2D eigenvalue weighted by atomic mass is 16.7. The number of aliphatic hydroxyl groups is 2. The largest absolute Gasteiger partial charge is 0.390 e. The van der Waals surface area contributed by atoms with Crippen molar-refractivity contribution in [3.8, 4) is 0 Å². The smallest absolute Gasteiger partial charge is 0.163 e. The zero-order valence-electron chi connectivity index (χ0n) is 14.1. The Bertz CT molecular complexity index is 323. The summed E-state index contributed by atoms with van der Waals surface area (Å²) < 4.78 is 22.3. The number of aliphatic hydroxyl groups excluding tert-OH is 2. The predicted molar refractivity (Wildman–Crippen MR) is 80.3 cm³/mol. The van der Waals surface area contributed by atoms with Crippen molar-refractivity contribution in [1.29, 1.82) is 0 Å². The second-order valence-electron chi connectivity index (χ2n) is 7.19. The SMILES string of the molecule is CC1(C)OC[C@@H](CC[C@H](O)[C@@H](O)CC[C@@H]2COC(C)(C)O2)O1. The van der Waals surface area contributed by atoms with E-state index in [4.69, 9.17) is 18.9 Å². The van der Waals surface area contributed by atoms with Gasteiger partial charge in [-0.25, -0.2) is 0 Å². The molecule has 0 spiro atoms. The van der Waals surface area contributed by atoms with Gasteiger partial charge in [0.1, 0.15) is 0 Å². The van der Waals surface area contributed by atoms with Crippen LogP contribution in [0.25, 0.3) is 0 Å². The Labute approximate surface area is 132 Å². The van der Waals surface area contributed by atoms with E-state index >= 15 is 0 Å². The van der Waals surface area contributed by atoms with Gasteiger partial charge in [0, 0.05) is 0 Å². The van der Waals surface area contributed by atoms with Crippen LogP contribution >= 0.6 is 0 Å². The quantitative estimate of drug-likeness (QED) is 0.742. The minimum atomic E-state index is -0.748. The Morgan fingerprint density at radius 1 is 0.818 bits per heavy atom. The molecule has 2 heterocycles. The lowest BCUT2D eigenvalue weighted by Gasteiger charge is -2.21. The summed E-state index contributed by atoms with van der Waals surface area (Å²) in [7, 11) is 0. The van der Waals surface area contributed by atoms with Gasteiger partial charge in [-0.3, -0.25) is 0 Å². The highest BCUT2D eigenvalue weighted by Crippen LogP contribution is 2.27. The second kappa shape index (κ2) is 7.11. The Morgan fingerprint density at radius 3 is 1.45 bits per heavy atom. The van der Waals surface area contributed by atoms with Gasteiger partial charge in [-0.05, 0) is 53.4 Å². The monoisotopic (exact) mass is 318 g/mol. The molecule has 0 unspecified atom stereocenters. The molecule has 2 N–H and O–H groups in total. The van der Waals surface area contributed by atoms with Crippen molar-refractivity contribution < 1.29 is 29.2 Å². The second-order valence-corrected chi connectivity index (χ2v) is 7.19. The van der Waals surface area contributed by atoms with Crippen molar-refractivity contribution in [1.82, 2.24) is 0 Å². The lowest BCUT2D eigenvalue weighted by atomic mass is 10.0. The maximum atomic E-state index is 10.1. The van der Waals surface area contributed by atoms with Crippen molar-refractivity contribution in [3.63, 3.8) is 0 Å². The van der Waals surface area contributed by atoms with Crippen LogP contribution in [0.4, 0.5) is 0 Å². The normalized spacial score (nSPS) is 33.0. The first-order valence-corrected chi connectivity index (χ1v) is 8.16.